The molecular formula is C31H32O3S. The number of carbonyl (C=O) groups is 1. The second-order valence-corrected chi connectivity index (χ2v) is 11.8. The number of hydrogen-bond acceptors (Lipinski definition) is 3. The zero-order valence-electron chi connectivity index (χ0n) is 21.2. The molecule has 0 aliphatic heterocycles. The summed E-state index contributed by atoms with van der Waals surface area (Å²) in [5.74, 6) is -0.630. The lowest BCUT2D eigenvalue weighted by Crippen LogP contribution is -2.18. The molecule has 4 heteroatoms. The number of benzene rings is 4. The van der Waals surface area contributed by atoms with Crippen LogP contribution in [0.4, 0.5) is 0 Å². The molecule has 0 fully saturated rings. The van der Waals surface area contributed by atoms with Gasteiger partial charge in [-0.3, -0.25) is 0 Å². The highest BCUT2D eigenvalue weighted by atomic mass is 32.3. The van der Waals surface area contributed by atoms with Gasteiger partial charge >= 0.3 is 5.97 Å². The first-order valence-electron chi connectivity index (χ1n) is 11.7. The molecule has 0 aliphatic carbocycles. The molecule has 0 unspecified atom stereocenters. The Bertz CT molecular complexity index is 1300. The average molecular weight is 485 g/mol. The van der Waals surface area contributed by atoms with Gasteiger partial charge in [-0.05, 0) is 98.4 Å². The third-order valence-corrected chi connectivity index (χ3v) is 9.96. The van der Waals surface area contributed by atoms with Gasteiger partial charge in [0.15, 0.2) is 0 Å². The predicted octanol–water partition coefficient (Wildman–Crippen LogP) is 8.30. The molecule has 0 radical (unpaired) electrons. The third kappa shape index (κ3) is 4.46. The smallest absolute Gasteiger partial charge is 0.353 e. The van der Waals surface area contributed by atoms with E-state index in [1.165, 1.54) is 6.07 Å². The van der Waals surface area contributed by atoms with Crippen molar-refractivity contribution in [3.8, 4) is 5.75 Å². The summed E-state index contributed by atoms with van der Waals surface area (Å²) in [6, 6.07) is 25.2. The van der Waals surface area contributed by atoms with E-state index in [1.54, 1.807) is 18.2 Å². The molecule has 4 rings (SSSR count). The largest absolute Gasteiger partial charge is 0.507 e. The summed E-state index contributed by atoms with van der Waals surface area (Å²) in [7, 11) is -2.51. The highest BCUT2D eigenvalue weighted by Gasteiger charge is 2.41. The Hall–Kier alpha value is -3.50. The van der Waals surface area contributed by atoms with Gasteiger partial charge in [0, 0.05) is 14.7 Å². The summed E-state index contributed by atoms with van der Waals surface area (Å²) in [6.45, 7) is 12.5. The minimum atomic E-state index is -2.51. The number of phenols is 1. The number of phenolic OH excluding ortho intramolecular Hbond substituents is 1. The van der Waals surface area contributed by atoms with Crippen molar-refractivity contribution >= 4 is 16.3 Å². The zero-order chi connectivity index (χ0) is 25.3. The van der Waals surface area contributed by atoms with E-state index in [0.717, 1.165) is 48.1 Å². The van der Waals surface area contributed by atoms with Gasteiger partial charge < -0.3 is 9.29 Å². The Balaban J connectivity index is 2.15. The molecule has 3 nitrogen and oxygen atoms in total. The van der Waals surface area contributed by atoms with Gasteiger partial charge in [-0.1, -0.05) is 65.7 Å². The lowest BCUT2D eigenvalue weighted by atomic mass is 10.1. The lowest BCUT2D eigenvalue weighted by molar-refractivity contribution is 0.0754. The second kappa shape index (κ2) is 9.63. The fourth-order valence-electron chi connectivity index (χ4n) is 5.13. The van der Waals surface area contributed by atoms with Crippen molar-refractivity contribution in [3.05, 3.63) is 118 Å². The van der Waals surface area contributed by atoms with Crippen LogP contribution in [-0.4, -0.2) is 11.1 Å². The highest BCUT2D eigenvalue weighted by molar-refractivity contribution is 8.30. The SMILES string of the molecule is Cc1cc(C)c(S(OC(=O)c2ccccc2O)(c2ccccc2)c2c(C)cc(C)cc2C)c(C)c1. The van der Waals surface area contributed by atoms with Crippen LogP contribution in [-0.2, 0) is 4.18 Å². The topological polar surface area (TPSA) is 46.5 Å². The van der Waals surface area contributed by atoms with Gasteiger partial charge in [0.2, 0.25) is 0 Å². The molecule has 1 N–H and O–H groups in total. The van der Waals surface area contributed by atoms with E-state index < -0.39 is 16.3 Å². The van der Waals surface area contributed by atoms with Crippen LogP contribution in [0.15, 0.2) is 93.5 Å². The van der Waals surface area contributed by atoms with Crippen LogP contribution in [0, 0.1) is 41.5 Å². The standard InChI is InChI=1S/C31H32O3S/c1-20-16-22(3)29(23(4)17-20)35(26-12-8-7-9-13-26,30-24(5)18-21(2)19-25(30)6)34-31(33)27-14-10-11-15-28(27)32/h7-19,32H,1-6H3. The van der Waals surface area contributed by atoms with Crippen molar-refractivity contribution in [2.24, 2.45) is 0 Å². The van der Waals surface area contributed by atoms with E-state index in [1.807, 2.05) is 30.3 Å². The summed E-state index contributed by atoms with van der Waals surface area (Å²) in [5.41, 5.74) is 6.78. The van der Waals surface area contributed by atoms with Gasteiger partial charge in [0.25, 0.3) is 0 Å². The summed E-state index contributed by atoms with van der Waals surface area (Å²) >= 11 is 0. The predicted molar refractivity (Wildman–Crippen MR) is 144 cm³/mol. The van der Waals surface area contributed by atoms with Crippen LogP contribution < -0.4 is 0 Å². The molecule has 0 amide bonds. The highest BCUT2D eigenvalue weighted by Crippen LogP contribution is 2.72. The molecule has 0 saturated carbocycles. The Labute approximate surface area is 209 Å². The minimum absolute atomic E-state index is 0.0893. The van der Waals surface area contributed by atoms with E-state index in [9.17, 15) is 9.90 Å². The molecule has 0 atom stereocenters. The molecule has 0 aliphatic rings. The number of hydrogen-bond donors (Lipinski definition) is 1. The summed E-state index contributed by atoms with van der Waals surface area (Å²) < 4.78 is 6.75. The van der Waals surface area contributed by atoms with Crippen LogP contribution in [0.3, 0.4) is 0 Å². The third-order valence-electron chi connectivity index (χ3n) is 6.18. The second-order valence-electron chi connectivity index (χ2n) is 9.21. The Morgan fingerprint density at radius 1 is 0.657 bits per heavy atom. The van der Waals surface area contributed by atoms with Gasteiger partial charge in [-0.2, -0.15) is 0 Å². The van der Waals surface area contributed by atoms with E-state index in [0.29, 0.717) is 0 Å². The van der Waals surface area contributed by atoms with Gasteiger partial charge in [-0.25, -0.2) is 4.79 Å². The van der Waals surface area contributed by atoms with Crippen LogP contribution >= 0.6 is 10.3 Å². The number of carbonyl (C=O) groups excluding carboxylic acids is 1. The first-order valence-corrected chi connectivity index (χ1v) is 13.3. The number of aromatic hydroxyl groups is 1. The summed E-state index contributed by atoms with van der Waals surface area (Å²) in [5, 5.41) is 10.5. The monoisotopic (exact) mass is 484 g/mol. The van der Waals surface area contributed by atoms with Crippen molar-refractivity contribution < 1.29 is 14.1 Å². The molecule has 180 valence electrons. The van der Waals surface area contributed by atoms with Gasteiger partial charge in [-0.15, -0.1) is 0 Å². The quantitative estimate of drug-likeness (QED) is 0.310. The van der Waals surface area contributed by atoms with Crippen LogP contribution in [0.5, 0.6) is 5.75 Å². The molecular weight excluding hydrogens is 452 g/mol. The molecule has 4 aromatic carbocycles. The molecule has 0 heterocycles. The summed E-state index contributed by atoms with van der Waals surface area (Å²) in [4.78, 5) is 16.8. The maximum absolute atomic E-state index is 13.8. The minimum Gasteiger partial charge on any atom is -0.507 e. The van der Waals surface area contributed by atoms with Crippen molar-refractivity contribution in [2.45, 2.75) is 56.2 Å². The molecule has 35 heavy (non-hydrogen) atoms. The number of para-hydroxylation sites is 1. The van der Waals surface area contributed by atoms with Gasteiger partial charge in [0.05, 0.1) is 0 Å². The van der Waals surface area contributed by atoms with Crippen molar-refractivity contribution in [3.63, 3.8) is 0 Å². The Morgan fingerprint density at radius 3 is 1.54 bits per heavy atom. The van der Waals surface area contributed by atoms with E-state index in [2.05, 4.69) is 65.8 Å². The lowest BCUT2D eigenvalue weighted by Gasteiger charge is -2.43. The molecule has 4 aromatic rings. The van der Waals surface area contributed by atoms with Crippen LogP contribution in [0.1, 0.15) is 43.7 Å². The molecule has 0 bridgehead atoms. The fourth-order valence-corrected chi connectivity index (χ4v) is 8.97. The molecule has 0 spiro atoms. The van der Waals surface area contributed by atoms with Crippen molar-refractivity contribution in [2.75, 3.05) is 0 Å². The molecule has 0 saturated heterocycles. The fraction of sp³-hybridized carbons (Fsp3) is 0.194. The van der Waals surface area contributed by atoms with Crippen molar-refractivity contribution in [1.82, 2.24) is 0 Å². The van der Waals surface area contributed by atoms with E-state index >= 15 is 0 Å². The van der Waals surface area contributed by atoms with E-state index in [4.69, 9.17) is 4.18 Å². The molecule has 0 aromatic heterocycles. The first-order chi connectivity index (χ1) is 16.6. The normalized spacial score (nSPS) is 11.8. The average Bonchev–Trinajstić information content (AvgIpc) is 2.78. The van der Waals surface area contributed by atoms with E-state index in [-0.39, 0.29) is 11.3 Å². The summed E-state index contributed by atoms with van der Waals surface area (Å²) in [6.07, 6.45) is 0. The Kier molecular flexibility index (Phi) is 6.77. The maximum atomic E-state index is 13.8. The zero-order valence-corrected chi connectivity index (χ0v) is 22.0. The van der Waals surface area contributed by atoms with Crippen LogP contribution in [0.2, 0.25) is 0 Å². The Morgan fingerprint density at radius 2 is 1.09 bits per heavy atom. The van der Waals surface area contributed by atoms with Crippen LogP contribution in [0.25, 0.3) is 0 Å². The maximum Gasteiger partial charge on any atom is 0.353 e. The van der Waals surface area contributed by atoms with Gasteiger partial charge in [0.1, 0.15) is 11.3 Å². The number of aryl methyl sites for hydroxylation is 6. The van der Waals surface area contributed by atoms with Crippen molar-refractivity contribution in [1.29, 1.82) is 0 Å². The number of rotatable bonds is 5. The first kappa shape index (κ1) is 24.6.